The summed E-state index contributed by atoms with van der Waals surface area (Å²) >= 11 is 0. The Bertz CT molecular complexity index is 736. The van der Waals surface area contributed by atoms with Gasteiger partial charge in [-0.3, -0.25) is 4.68 Å². The lowest BCUT2D eigenvalue weighted by atomic mass is 9.98. The summed E-state index contributed by atoms with van der Waals surface area (Å²) in [5.74, 6) is -1.92. The van der Waals surface area contributed by atoms with Gasteiger partial charge in [-0.1, -0.05) is 0 Å². The number of nitrogens with zero attached hydrogens (tertiary/aromatic N) is 2. The molecule has 2 rings (SSSR count). The summed E-state index contributed by atoms with van der Waals surface area (Å²) < 4.78 is 42.1. The number of aryl methyl sites for hydroxylation is 2. The number of carboxylic acid groups (broad SMARTS) is 1. The maximum absolute atomic E-state index is 12.2. The molecule has 0 unspecified atom stereocenters. The van der Waals surface area contributed by atoms with E-state index in [9.17, 15) is 23.1 Å². The zero-order valence-corrected chi connectivity index (χ0v) is 12.0. The third kappa shape index (κ3) is 3.05. The summed E-state index contributed by atoms with van der Waals surface area (Å²) in [4.78, 5) is 11.4. The quantitative estimate of drug-likeness (QED) is 0.944. The van der Waals surface area contributed by atoms with Crippen LogP contribution in [0.2, 0.25) is 0 Å². The van der Waals surface area contributed by atoms with E-state index in [1.807, 2.05) is 0 Å². The Hall–Kier alpha value is -2.51. The topological polar surface area (TPSA) is 64.4 Å². The Morgan fingerprint density at radius 1 is 1.32 bits per heavy atom. The molecule has 0 aliphatic heterocycles. The minimum Gasteiger partial charge on any atom is -0.478 e. The first-order valence-corrected chi connectivity index (χ1v) is 6.24. The van der Waals surface area contributed by atoms with Crippen molar-refractivity contribution in [1.29, 1.82) is 0 Å². The first kappa shape index (κ1) is 15.9. The highest BCUT2D eigenvalue weighted by atomic mass is 19.4. The Balaban J connectivity index is 2.60. The van der Waals surface area contributed by atoms with Gasteiger partial charge in [0, 0.05) is 23.9 Å². The maximum Gasteiger partial charge on any atom is 0.573 e. The molecule has 22 heavy (non-hydrogen) atoms. The first-order valence-electron chi connectivity index (χ1n) is 6.24. The standard InChI is InChI=1S/C14H13F3N2O3/c1-7-12(8(2)19(3)18-7)10-5-4-9(22-14(15,16)17)6-11(10)13(20)21/h4-6H,1-3H3,(H,20,21). The minimum atomic E-state index is -4.88. The van der Waals surface area contributed by atoms with Crippen molar-refractivity contribution < 1.29 is 27.8 Å². The van der Waals surface area contributed by atoms with Gasteiger partial charge in [-0.25, -0.2) is 4.79 Å². The van der Waals surface area contributed by atoms with Crippen molar-refractivity contribution in [3.63, 3.8) is 0 Å². The molecule has 1 N–H and O–H groups in total. The monoisotopic (exact) mass is 314 g/mol. The number of benzene rings is 1. The van der Waals surface area contributed by atoms with Gasteiger partial charge in [-0.05, 0) is 32.0 Å². The van der Waals surface area contributed by atoms with Crippen LogP contribution in [0, 0.1) is 13.8 Å². The molecule has 1 aromatic heterocycles. The average Bonchev–Trinajstić information content (AvgIpc) is 2.62. The van der Waals surface area contributed by atoms with Crippen LogP contribution in [-0.2, 0) is 7.05 Å². The van der Waals surface area contributed by atoms with Gasteiger partial charge in [-0.2, -0.15) is 5.10 Å². The van der Waals surface area contributed by atoms with Gasteiger partial charge < -0.3 is 9.84 Å². The summed E-state index contributed by atoms with van der Waals surface area (Å²) in [7, 11) is 1.70. The van der Waals surface area contributed by atoms with Gasteiger partial charge in [0.25, 0.3) is 0 Å². The van der Waals surface area contributed by atoms with Crippen LogP contribution in [-0.4, -0.2) is 27.2 Å². The van der Waals surface area contributed by atoms with E-state index >= 15 is 0 Å². The lowest BCUT2D eigenvalue weighted by Gasteiger charge is -2.12. The molecule has 0 saturated carbocycles. The number of rotatable bonds is 3. The van der Waals surface area contributed by atoms with Gasteiger partial charge in [0.15, 0.2) is 0 Å². The van der Waals surface area contributed by atoms with Crippen LogP contribution in [0.1, 0.15) is 21.7 Å². The van der Waals surface area contributed by atoms with Crippen molar-refractivity contribution in [3.8, 4) is 16.9 Å². The normalized spacial score (nSPS) is 11.5. The number of alkyl halides is 3. The van der Waals surface area contributed by atoms with Gasteiger partial charge in [0.2, 0.25) is 0 Å². The second kappa shape index (κ2) is 5.36. The number of hydrogen-bond acceptors (Lipinski definition) is 3. The molecule has 0 saturated heterocycles. The van der Waals surface area contributed by atoms with Crippen molar-refractivity contribution in [2.24, 2.45) is 7.05 Å². The number of carboxylic acids is 1. The third-order valence-corrected chi connectivity index (χ3v) is 3.23. The van der Waals surface area contributed by atoms with Gasteiger partial charge in [0.05, 0.1) is 11.3 Å². The van der Waals surface area contributed by atoms with E-state index in [0.717, 1.165) is 12.1 Å². The summed E-state index contributed by atoms with van der Waals surface area (Å²) in [6.45, 7) is 3.45. The van der Waals surface area contributed by atoms with E-state index in [4.69, 9.17) is 0 Å². The van der Waals surface area contributed by atoms with Crippen molar-refractivity contribution >= 4 is 5.97 Å². The fourth-order valence-electron chi connectivity index (χ4n) is 2.28. The molecular formula is C14H13F3N2O3. The predicted molar refractivity (Wildman–Crippen MR) is 71.8 cm³/mol. The zero-order chi connectivity index (χ0) is 16.7. The number of carbonyl (C=O) groups is 1. The highest BCUT2D eigenvalue weighted by molar-refractivity contribution is 5.97. The molecule has 0 amide bonds. The van der Waals surface area contributed by atoms with Crippen LogP contribution < -0.4 is 4.74 Å². The molecule has 0 radical (unpaired) electrons. The van der Waals surface area contributed by atoms with Crippen LogP contribution in [0.5, 0.6) is 5.75 Å². The molecule has 1 aromatic carbocycles. The Kier molecular flexibility index (Phi) is 3.87. The van der Waals surface area contributed by atoms with Crippen molar-refractivity contribution in [2.75, 3.05) is 0 Å². The largest absolute Gasteiger partial charge is 0.573 e. The molecule has 0 aliphatic carbocycles. The fourth-order valence-corrected chi connectivity index (χ4v) is 2.28. The van der Waals surface area contributed by atoms with E-state index < -0.39 is 18.1 Å². The Morgan fingerprint density at radius 3 is 2.41 bits per heavy atom. The predicted octanol–water partition coefficient (Wildman–Crippen LogP) is 3.30. The average molecular weight is 314 g/mol. The molecular weight excluding hydrogens is 301 g/mol. The van der Waals surface area contributed by atoms with E-state index in [1.54, 1.807) is 25.6 Å². The van der Waals surface area contributed by atoms with Crippen LogP contribution in [0.4, 0.5) is 13.2 Å². The van der Waals surface area contributed by atoms with Crippen molar-refractivity contribution in [1.82, 2.24) is 9.78 Å². The maximum atomic E-state index is 12.2. The van der Waals surface area contributed by atoms with Crippen LogP contribution in [0.3, 0.4) is 0 Å². The number of hydrogen-bond donors (Lipinski definition) is 1. The molecule has 118 valence electrons. The third-order valence-electron chi connectivity index (χ3n) is 3.23. The summed E-state index contributed by atoms with van der Waals surface area (Å²) in [5.41, 5.74) is 1.90. The SMILES string of the molecule is Cc1nn(C)c(C)c1-c1ccc(OC(F)(F)F)cc1C(=O)O. The van der Waals surface area contributed by atoms with Crippen molar-refractivity contribution in [3.05, 3.63) is 35.2 Å². The summed E-state index contributed by atoms with van der Waals surface area (Å²) in [6, 6.07) is 3.24. The number of aromatic carboxylic acids is 1. The highest BCUT2D eigenvalue weighted by Crippen LogP contribution is 2.33. The highest BCUT2D eigenvalue weighted by Gasteiger charge is 2.31. The molecule has 0 spiro atoms. The molecule has 2 aromatic rings. The van der Waals surface area contributed by atoms with E-state index in [-0.39, 0.29) is 5.56 Å². The molecule has 5 nitrogen and oxygen atoms in total. The molecule has 0 bridgehead atoms. The number of halogens is 3. The zero-order valence-electron chi connectivity index (χ0n) is 12.0. The van der Waals surface area contributed by atoms with Gasteiger partial charge in [-0.15, -0.1) is 13.2 Å². The summed E-state index contributed by atoms with van der Waals surface area (Å²) in [6.07, 6.45) is -4.88. The first-order chi connectivity index (χ1) is 10.1. The van der Waals surface area contributed by atoms with Crippen molar-refractivity contribution in [2.45, 2.75) is 20.2 Å². The molecule has 0 fully saturated rings. The van der Waals surface area contributed by atoms with E-state index in [0.29, 0.717) is 22.5 Å². The number of ether oxygens (including phenoxy) is 1. The van der Waals surface area contributed by atoms with Crippen LogP contribution in [0.25, 0.3) is 11.1 Å². The Labute approximate surface area is 123 Å². The smallest absolute Gasteiger partial charge is 0.478 e. The van der Waals surface area contributed by atoms with Crippen LogP contribution in [0.15, 0.2) is 18.2 Å². The van der Waals surface area contributed by atoms with E-state index in [1.165, 1.54) is 6.07 Å². The second-order valence-electron chi connectivity index (χ2n) is 4.73. The lowest BCUT2D eigenvalue weighted by Crippen LogP contribution is -2.17. The molecule has 8 heteroatoms. The van der Waals surface area contributed by atoms with Gasteiger partial charge in [0.1, 0.15) is 5.75 Å². The number of aromatic nitrogens is 2. The summed E-state index contributed by atoms with van der Waals surface area (Å²) in [5, 5.41) is 13.5. The van der Waals surface area contributed by atoms with Crippen LogP contribution >= 0.6 is 0 Å². The van der Waals surface area contributed by atoms with Gasteiger partial charge >= 0.3 is 12.3 Å². The fraction of sp³-hybridized carbons (Fsp3) is 0.286. The minimum absolute atomic E-state index is 0.277. The molecule has 1 heterocycles. The van der Waals surface area contributed by atoms with E-state index in [2.05, 4.69) is 9.84 Å². The molecule has 0 aliphatic rings. The lowest BCUT2D eigenvalue weighted by molar-refractivity contribution is -0.274. The Morgan fingerprint density at radius 2 is 1.95 bits per heavy atom. The second-order valence-corrected chi connectivity index (χ2v) is 4.73. The molecule has 0 atom stereocenters.